The first-order valence-electron chi connectivity index (χ1n) is 4.99. The number of hydrogen-bond donors (Lipinski definition) is 0. The van der Waals surface area contributed by atoms with E-state index in [9.17, 15) is 18.0 Å². The van der Waals surface area contributed by atoms with E-state index in [-0.39, 0.29) is 18.3 Å². The van der Waals surface area contributed by atoms with Crippen LogP contribution in [-0.2, 0) is 4.79 Å². The third-order valence-electron chi connectivity index (χ3n) is 2.62. The van der Waals surface area contributed by atoms with Crippen molar-refractivity contribution < 1.29 is 18.0 Å². The summed E-state index contributed by atoms with van der Waals surface area (Å²) in [4.78, 5) is 17.4. The number of carbonyl (C=O) groups excluding carboxylic acids is 1. The van der Waals surface area contributed by atoms with Crippen molar-refractivity contribution in [3.8, 4) is 0 Å². The van der Waals surface area contributed by atoms with Crippen molar-refractivity contribution >= 4 is 11.7 Å². The molecule has 0 aliphatic carbocycles. The third kappa shape index (κ3) is 2.17. The molecule has 0 unspecified atom stereocenters. The highest BCUT2D eigenvalue weighted by Gasteiger charge is 2.25. The molecule has 1 saturated heterocycles. The number of piperazine rings is 1. The number of rotatable bonds is 1. The standard InChI is InChI=1S/C10H10F3N3O/c1-15-2-3-16(5-8(15)17)10-7(12)4-6(11)9(13)14-10/h4H,2-3,5H2,1H3. The molecule has 2 heterocycles. The van der Waals surface area contributed by atoms with Crippen LogP contribution in [0.1, 0.15) is 0 Å². The van der Waals surface area contributed by atoms with Gasteiger partial charge in [-0.1, -0.05) is 0 Å². The summed E-state index contributed by atoms with van der Waals surface area (Å²) < 4.78 is 39.0. The molecule has 17 heavy (non-hydrogen) atoms. The quantitative estimate of drug-likeness (QED) is 0.686. The summed E-state index contributed by atoms with van der Waals surface area (Å²) in [5.41, 5.74) is 0. The average molecular weight is 245 g/mol. The number of halogens is 3. The van der Waals surface area contributed by atoms with Crippen molar-refractivity contribution in [2.75, 3.05) is 31.6 Å². The highest BCUT2D eigenvalue weighted by molar-refractivity contribution is 5.82. The van der Waals surface area contributed by atoms with Crippen LogP contribution in [0.5, 0.6) is 0 Å². The van der Waals surface area contributed by atoms with Crippen LogP contribution >= 0.6 is 0 Å². The van der Waals surface area contributed by atoms with Gasteiger partial charge >= 0.3 is 0 Å². The molecular formula is C10H10F3N3O. The van der Waals surface area contributed by atoms with Gasteiger partial charge in [0.2, 0.25) is 5.91 Å². The molecule has 1 aromatic rings. The summed E-state index contributed by atoms with van der Waals surface area (Å²) in [5.74, 6) is -4.23. The molecule has 2 rings (SSSR count). The molecule has 1 aliphatic rings. The zero-order valence-corrected chi connectivity index (χ0v) is 9.08. The lowest BCUT2D eigenvalue weighted by atomic mass is 10.3. The molecule has 0 atom stereocenters. The Balaban J connectivity index is 2.29. The second-order valence-corrected chi connectivity index (χ2v) is 3.80. The van der Waals surface area contributed by atoms with E-state index in [2.05, 4.69) is 4.98 Å². The van der Waals surface area contributed by atoms with Gasteiger partial charge in [-0.3, -0.25) is 4.79 Å². The normalized spacial score (nSPS) is 16.6. The van der Waals surface area contributed by atoms with Gasteiger partial charge in [0.25, 0.3) is 5.95 Å². The number of hydrogen-bond acceptors (Lipinski definition) is 3. The van der Waals surface area contributed by atoms with Crippen LogP contribution in [0.4, 0.5) is 19.0 Å². The number of amides is 1. The fourth-order valence-electron chi connectivity index (χ4n) is 1.60. The van der Waals surface area contributed by atoms with Gasteiger partial charge in [0.1, 0.15) is 0 Å². The molecule has 1 fully saturated rings. The lowest BCUT2D eigenvalue weighted by Crippen LogP contribution is -2.49. The lowest BCUT2D eigenvalue weighted by Gasteiger charge is -2.32. The van der Waals surface area contributed by atoms with Crippen LogP contribution in [0.3, 0.4) is 0 Å². The van der Waals surface area contributed by atoms with Gasteiger partial charge < -0.3 is 9.80 Å². The van der Waals surface area contributed by atoms with Gasteiger partial charge in [0.05, 0.1) is 6.54 Å². The second kappa shape index (κ2) is 4.23. The van der Waals surface area contributed by atoms with Crippen molar-refractivity contribution in [2.45, 2.75) is 0 Å². The molecule has 1 aliphatic heterocycles. The fourth-order valence-corrected chi connectivity index (χ4v) is 1.60. The topological polar surface area (TPSA) is 36.4 Å². The zero-order valence-electron chi connectivity index (χ0n) is 9.08. The second-order valence-electron chi connectivity index (χ2n) is 3.80. The maximum absolute atomic E-state index is 13.4. The molecule has 1 amide bonds. The van der Waals surface area contributed by atoms with Gasteiger partial charge in [-0.25, -0.2) is 8.78 Å². The summed E-state index contributed by atoms with van der Waals surface area (Å²) in [6.07, 6.45) is 0. The molecular weight excluding hydrogens is 235 g/mol. The third-order valence-corrected chi connectivity index (χ3v) is 2.62. The molecule has 0 aromatic carbocycles. The Morgan fingerprint density at radius 1 is 1.24 bits per heavy atom. The minimum Gasteiger partial charge on any atom is -0.343 e. The van der Waals surface area contributed by atoms with E-state index in [0.717, 1.165) is 0 Å². The summed E-state index contributed by atoms with van der Waals surface area (Å²) in [7, 11) is 1.62. The molecule has 1 aromatic heterocycles. The molecule has 0 bridgehead atoms. The van der Waals surface area contributed by atoms with Crippen LogP contribution < -0.4 is 4.90 Å². The summed E-state index contributed by atoms with van der Waals surface area (Å²) >= 11 is 0. The summed E-state index contributed by atoms with van der Waals surface area (Å²) in [5, 5.41) is 0. The molecule has 0 N–H and O–H groups in total. The Hall–Kier alpha value is -1.79. The van der Waals surface area contributed by atoms with Crippen LogP contribution in [0.25, 0.3) is 0 Å². The van der Waals surface area contributed by atoms with E-state index in [1.807, 2.05) is 0 Å². The zero-order chi connectivity index (χ0) is 12.6. The molecule has 4 nitrogen and oxygen atoms in total. The van der Waals surface area contributed by atoms with Gasteiger partial charge in [0.15, 0.2) is 17.5 Å². The van der Waals surface area contributed by atoms with Gasteiger partial charge in [-0.15, -0.1) is 0 Å². The van der Waals surface area contributed by atoms with E-state index in [1.54, 1.807) is 7.05 Å². The van der Waals surface area contributed by atoms with E-state index in [0.29, 0.717) is 19.2 Å². The number of likely N-dealkylation sites (N-methyl/N-ethyl adjacent to an activating group) is 1. The first-order valence-corrected chi connectivity index (χ1v) is 4.99. The van der Waals surface area contributed by atoms with Gasteiger partial charge in [-0.2, -0.15) is 9.37 Å². The first-order chi connectivity index (χ1) is 7.99. The molecule has 0 saturated carbocycles. The van der Waals surface area contributed by atoms with Crippen molar-refractivity contribution in [1.29, 1.82) is 0 Å². The predicted octanol–water partition coefficient (Wildman–Crippen LogP) is 0.777. The lowest BCUT2D eigenvalue weighted by molar-refractivity contribution is -0.129. The van der Waals surface area contributed by atoms with Crippen LogP contribution in [0.15, 0.2) is 6.07 Å². The van der Waals surface area contributed by atoms with Crippen molar-refractivity contribution in [1.82, 2.24) is 9.88 Å². The van der Waals surface area contributed by atoms with E-state index < -0.39 is 17.6 Å². The summed E-state index contributed by atoms with van der Waals surface area (Å²) in [6, 6.07) is 0.431. The fraction of sp³-hybridized carbons (Fsp3) is 0.400. The van der Waals surface area contributed by atoms with Crippen LogP contribution in [-0.4, -0.2) is 42.5 Å². The summed E-state index contributed by atoms with van der Waals surface area (Å²) in [6.45, 7) is 0.627. The Kier molecular flexibility index (Phi) is 2.91. The SMILES string of the molecule is CN1CCN(c2nc(F)c(F)cc2F)CC1=O. The monoisotopic (exact) mass is 245 g/mol. The highest BCUT2D eigenvalue weighted by Crippen LogP contribution is 2.20. The molecule has 0 radical (unpaired) electrons. The highest BCUT2D eigenvalue weighted by atomic mass is 19.2. The van der Waals surface area contributed by atoms with Crippen molar-refractivity contribution in [2.24, 2.45) is 0 Å². The van der Waals surface area contributed by atoms with E-state index in [4.69, 9.17) is 0 Å². The first kappa shape index (κ1) is 11.7. The van der Waals surface area contributed by atoms with Crippen LogP contribution in [0.2, 0.25) is 0 Å². The number of anilines is 1. The molecule has 0 spiro atoms. The minimum absolute atomic E-state index is 0.0918. The number of carbonyl (C=O) groups is 1. The molecule has 92 valence electrons. The predicted molar refractivity (Wildman–Crippen MR) is 54.0 cm³/mol. The number of pyridine rings is 1. The maximum atomic E-state index is 13.4. The maximum Gasteiger partial charge on any atom is 0.251 e. The van der Waals surface area contributed by atoms with Gasteiger partial charge in [0, 0.05) is 26.2 Å². The van der Waals surface area contributed by atoms with Crippen LogP contribution in [0, 0.1) is 17.6 Å². The van der Waals surface area contributed by atoms with E-state index >= 15 is 0 Å². The Morgan fingerprint density at radius 3 is 2.59 bits per heavy atom. The largest absolute Gasteiger partial charge is 0.343 e. The Labute approximate surface area is 95.6 Å². The van der Waals surface area contributed by atoms with Crippen molar-refractivity contribution in [3.05, 3.63) is 23.6 Å². The number of aromatic nitrogens is 1. The Morgan fingerprint density at radius 2 is 1.94 bits per heavy atom. The smallest absolute Gasteiger partial charge is 0.251 e. The minimum atomic E-state index is -1.37. The van der Waals surface area contributed by atoms with E-state index in [1.165, 1.54) is 9.80 Å². The van der Waals surface area contributed by atoms with Gasteiger partial charge in [-0.05, 0) is 0 Å². The van der Waals surface area contributed by atoms with Crippen molar-refractivity contribution in [3.63, 3.8) is 0 Å². The Bertz CT molecular complexity index is 466. The molecule has 7 heteroatoms. The average Bonchev–Trinajstić information content (AvgIpc) is 2.27. The number of nitrogens with zero attached hydrogens (tertiary/aromatic N) is 3.